The molecule has 0 spiro atoms. The van der Waals surface area contributed by atoms with Crippen molar-refractivity contribution >= 4 is 0 Å². The minimum Gasteiger partial charge on any atom is -0.344 e. The van der Waals surface area contributed by atoms with Crippen molar-refractivity contribution in [1.29, 1.82) is 0 Å². The first kappa shape index (κ1) is 4.01. The Hall–Kier alpha value is -0.160. The Morgan fingerprint density at radius 1 is 1.83 bits per heavy atom. The summed E-state index contributed by atoms with van der Waals surface area (Å²) in [7, 11) is 0. The summed E-state index contributed by atoms with van der Waals surface area (Å²) in [6.07, 6.45) is 0.454. The van der Waals surface area contributed by atoms with Crippen LogP contribution in [0.1, 0.15) is 0 Å². The Bertz CT molecular complexity index is 53.8. The number of nitrogens with one attached hydrogen (secondary N) is 1. The predicted molar refractivity (Wildman–Crippen MR) is 19.7 cm³/mol. The fourth-order valence-corrected chi connectivity index (χ4v) is 0.397. The SMILES string of the molecule is C1C2ONN12.N. The standard InChI is InChI=1S/C2H4N2O.H3N/c1-2-4(1)3-5-2;/h2-3H,1H2;1H3. The van der Waals surface area contributed by atoms with Crippen LogP contribution in [0.5, 0.6) is 0 Å². The molecule has 2 rings (SSSR count). The van der Waals surface area contributed by atoms with Gasteiger partial charge in [0.1, 0.15) is 0 Å². The molecular formula is C2H7N3O. The third-order valence-corrected chi connectivity index (χ3v) is 0.873. The molecule has 0 aromatic carbocycles. The minimum absolute atomic E-state index is 0. The van der Waals surface area contributed by atoms with Crippen molar-refractivity contribution in [1.82, 2.24) is 16.7 Å². The zero-order valence-corrected chi connectivity index (χ0v) is 3.35. The van der Waals surface area contributed by atoms with E-state index in [-0.39, 0.29) is 6.15 Å². The van der Waals surface area contributed by atoms with Gasteiger partial charge in [-0.3, -0.25) is 4.84 Å². The van der Waals surface area contributed by atoms with Gasteiger partial charge in [-0.05, 0) is 0 Å². The summed E-state index contributed by atoms with van der Waals surface area (Å²) < 4.78 is 0. The Morgan fingerprint density at radius 3 is 2.50 bits per heavy atom. The summed E-state index contributed by atoms with van der Waals surface area (Å²) in [6.45, 7) is 1.08. The third kappa shape index (κ3) is 0.264. The molecule has 4 N–H and O–H groups in total. The van der Waals surface area contributed by atoms with Crippen LogP contribution in [0.25, 0.3) is 0 Å². The molecule has 0 radical (unpaired) electrons. The molecular weight excluding hydrogens is 82.0 g/mol. The zero-order valence-electron chi connectivity index (χ0n) is 3.35. The molecule has 2 aliphatic rings. The summed E-state index contributed by atoms with van der Waals surface area (Å²) in [5.74, 6) is 0. The van der Waals surface area contributed by atoms with E-state index in [1.807, 2.05) is 5.01 Å². The number of nitrogens with zero attached hydrogens (tertiary/aromatic N) is 1. The van der Waals surface area contributed by atoms with Crippen LogP contribution in [0.3, 0.4) is 0 Å². The lowest BCUT2D eigenvalue weighted by Crippen LogP contribution is -2.35. The van der Waals surface area contributed by atoms with Crippen molar-refractivity contribution in [3.05, 3.63) is 0 Å². The van der Waals surface area contributed by atoms with Crippen LogP contribution in [0.2, 0.25) is 0 Å². The zero-order chi connectivity index (χ0) is 3.28. The highest BCUT2D eigenvalue weighted by Gasteiger charge is 2.45. The van der Waals surface area contributed by atoms with Gasteiger partial charge in [0.15, 0.2) is 6.23 Å². The lowest BCUT2D eigenvalue weighted by Gasteiger charge is -2.11. The quantitative estimate of drug-likeness (QED) is 0.383. The van der Waals surface area contributed by atoms with E-state index in [0.717, 1.165) is 6.54 Å². The van der Waals surface area contributed by atoms with E-state index in [9.17, 15) is 0 Å². The highest BCUT2D eigenvalue weighted by molar-refractivity contribution is 4.79. The van der Waals surface area contributed by atoms with Crippen molar-refractivity contribution in [2.75, 3.05) is 6.54 Å². The van der Waals surface area contributed by atoms with Crippen molar-refractivity contribution in [2.45, 2.75) is 6.23 Å². The van der Waals surface area contributed by atoms with Crippen LogP contribution >= 0.6 is 0 Å². The van der Waals surface area contributed by atoms with Gasteiger partial charge < -0.3 is 6.15 Å². The maximum atomic E-state index is 4.68. The van der Waals surface area contributed by atoms with Crippen LogP contribution in [-0.4, -0.2) is 17.8 Å². The molecule has 2 fully saturated rings. The van der Waals surface area contributed by atoms with E-state index in [2.05, 4.69) is 10.4 Å². The molecule has 0 aromatic heterocycles. The van der Waals surface area contributed by atoms with Gasteiger partial charge in [0.2, 0.25) is 0 Å². The monoisotopic (exact) mass is 89.1 g/mol. The molecule has 4 heteroatoms. The van der Waals surface area contributed by atoms with Gasteiger partial charge in [0, 0.05) is 0 Å². The Balaban J connectivity index is 0.000000180. The van der Waals surface area contributed by atoms with E-state index in [1.54, 1.807) is 0 Å². The van der Waals surface area contributed by atoms with Crippen molar-refractivity contribution < 1.29 is 4.84 Å². The highest BCUT2D eigenvalue weighted by atomic mass is 16.8. The lowest BCUT2D eigenvalue weighted by molar-refractivity contribution is -0.169. The second-order valence-corrected chi connectivity index (χ2v) is 1.32. The molecule has 0 bridgehead atoms. The first-order valence-electron chi connectivity index (χ1n) is 1.65. The van der Waals surface area contributed by atoms with E-state index >= 15 is 0 Å². The number of hydrazine groups is 1. The molecule has 6 heavy (non-hydrogen) atoms. The second kappa shape index (κ2) is 0.913. The van der Waals surface area contributed by atoms with E-state index in [4.69, 9.17) is 0 Å². The summed E-state index contributed by atoms with van der Waals surface area (Å²) in [5.41, 5.74) is 2.62. The topological polar surface area (TPSA) is 59.3 Å². The van der Waals surface area contributed by atoms with Gasteiger partial charge in [-0.15, -0.1) is 5.59 Å². The molecule has 0 aromatic rings. The molecule has 0 amide bonds. The smallest absolute Gasteiger partial charge is 0.162 e. The fourth-order valence-electron chi connectivity index (χ4n) is 0.397. The first-order chi connectivity index (χ1) is 2.47. The van der Waals surface area contributed by atoms with Crippen LogP contribution < -0.4 is 11.7 Å². The van der Waals surface area contributed by atoms with Gasteiger partial charge in [-0.2, -0.15) is 5.01 Å². The van der Waals surface area contributed by atoms with Crippen molar-refractivity contribution in [3.63, 3.8) is 0 Å². The Labute approximate surface area is 35.6 Å². The molecule has 2 aliphatic heterocycles. The largest absolute Gasteiger partial charge is 0.344 e. The summed E-state index contributed by atoms with van der Waals surface area (Å²) in [5, 5.41) is 2.00. The highest BCUT2D eigenvalue weighted by Crippen LogP contribution is 2.21. The Morgan fingerprint density at radius 2 is 2.50 bits per heavy atom. The summed E-state index contributed by atoms with van der Waals surface area (Å²) >= 11 is 0. The minimum atomic E-state index is 0. The van der Waals surface area contributed by atoms with Gasteiger partial charge in [0.25, 0.3) is 0 Å². The van der Waals surface area contributed by atoms with Crippen molar-refractivity contribution in [2.24, 2.45) is 0 Å². The molecule has 2 saturated heterocycles. The molecule has 2 atom stereocenters. The fraction of sp³-hybridized carbons (Fsp3) is 1.00. The average Bonchev–Trinajstić information content (AvgIpc) is 1.74. The number of hydrogen-bond acceptors (Lipinski definition) is 4. The average molecular weight is 89.1 g/mol. The number of rotatable bonds is 0. The van der Waals surface area contributed by atoms with Crippen LogP contribution in [0.15, 0.2) is 0 Å². The van der Waals surface area contributed by atoms with E-state index in [1.165, 1.54) is 0 Å². The molecule has 0 saturated carbocycles. The van der Waals surface area contributed by atoms with Crippen LogP contribution in [-0.2, 0) is 4.84 Å². The molecule has 4 nitrogen and oxygen atoms in total. The van der Waals surface area contributed by atoms with Gasteiger partial charge in [-0.1, -0.05) is 0 Å². The summed E-state index contributed by atoms with van der Waals surface area (Å²) in [6, 6.07) is 0. The van der Waals surface area contributed by atoms with Gasteiger partial charge in [-0.25, -0.2) is 0 Å². The number of hydrogen-bond donors (Lipinski definition) is 2. The number of fused-ring (bicyclic) bond motifs is 1. The van der Waals surface area contributed by atoms with Gasteiger partial charge in [0.05, 0.1) is 6.54 Å². The van der Waals surface area contributed by atoms with E-state index < -0.39 is 0 Å². The van der Waals surface area contributed by atoms with E-state index in [0.29, 0.717) is 6.23 Å². The normalized spacial score (nSPS) is 48.0. The third-order valence-electron chi connectivity index (χ3n) is 0.873. The maximum Gasteiger partial charge on any atom is 0.162 e. The van der Waals surface area contributed by atoms with Crippen LogP contribution in [0, 0.1) is 0 Å². The second-order valence-electron chi connectivity index (χ2n) is 1.32. The molecule has 2 heterocycles. The maximum absolute atomic E-state index is 4.68. The lowest BCUT2D eigenvalue weighted by atomic mass is 10.9. The summed E-state index contributed by atoms with van der Waals surface area (Å²) in [4.78, 5) is 4.68. The molecule has 36 valence electrons. The first-order valence-corrected chi connectivity index (χ1v) is 1.65. The van der Waals surface area contributed by atoms with Gasteiger partial charge >= 0.3 is 0 Å². The Kier molecular flexibility index (Phi) is 0.611. The van der Waals surface area contributed by atoms with Crippen LogP contribution in [0.4, 0.5) is 0 Å². The molecule has 2 unspecified atom stereocenters. The van der Waals surface area contributed by atoms with Crippen molar-refractivity contribution in [3.8, 4) is 0 Å². The predicted octanol–water partition coefficient (Wildman–Crippen LogP) is -0.760. The molecule has 0 aliphatic carbocycles.